The largest absolute Gasteiger partial charge is 0.615 e. The molecule has 0 aromatic heterocycles. The third-order valence-electron chi connectivity index (χ3n) is 3.60. The molecule has 2 aliphatic rings. The highest BCUT2D eigenvalue weighted by atomic mass is 32.2. The van der Waals surface area contributed by atoms with Gasteiger partial charge >= 0.3 is 0 Å². The van der Waals surface area contributed by atoms with Crippen LogP contribution in [0.4, 0.5) is 0 Å². The van der Waals surface area contributed by atoms with Crippen molar-refractivity contribution >= 4 is 17.0 Å². The van der Waals surface area contributed by atoms with Gasteiger partial charge in [0.2, 0.25) is 0 Å². The third-order valence-corrected chi connectivity index (χ3v) is 5.91. The van der Waals surface area contributed by atoms with Crippen LogP contribution < -0.4 is 0 Å². The average Bonchev–Trinajstić information content (AvgIpc) is 2.37. The molecular formula is C10H17NO2S. The van der Waals surface area contributed by atoms with Crippen molar-refractivity contribution in [3.05, 3.63) is 0 Å². The summed E-state index contributed by atoms with van der Waals surface area (Å²) in [6, 6.07) is 0. The Hall–Kier alpha value is -0.0600. The molecule has 2 rings (SSSR count). The van der Waals surface area contributed by atoms with Gasteiger partial charge in [0, 0.05) is 25.9 Å². The molecule has 0 bridgehead atoms. The van der Waals surface area contributed by atoms with E-state index in [1.807, 2.05) is 6.92 Å². The van der Waals surface area contributed by atoms with Crippen molar-refractivity contribution in [2.75, 3.05) is 20.1 Å². The second-order valence-corrected chi connectivity index (χ2v) is 6.74. The molecule has 2 fully saturated rings. The molecule has 2 aliphatic heterocycles. The van der Waals surface area contributed by atoms with Gasteiger partial charge in [-0.2, -0.15) is 0 Å². The molecule has 80 valence electrons. The summed E-state index contributed by atoms with van der Waals surface area (Å²) in [5.41, 5.74) is 0. The lowest BCUT2D eigenvalue weighted by molar-refractivity contribution is -0.118. The van der Waals surface area contributed by atoms with Crippen LogP contribution in [0, 0.1) is 0 Å². The second-order valence-electron chi connectivity index (χ2n) is 4.57. The number of ketones is 1. The zero-order chi connectivity index (χ0) is 10.3. The quantitative estimate of drug-likeness (QED) is 0.555. The molecule has 14 heavy (non-hydrogen) atoms. The summed E-state index contributed by atoms with van der Waals surface area (Å²) in [5.74, 6) is 0.202. The Kier molecular flexibility index (Phi) is 2.62. The van der Waals surface area contributed by atoms with Gasteiger partial charge in [-0.05, 0) is 25.1 Å². The van der Waals surface area contributed by atoms with Gasteiger partial charge in [-0.1, -0.05) is 0 Å². The smallest absolute Gasteiger partial charge is 0.189 e. The Morgan fingerprint density at radius 1 is 1.50 bits per heavy atom. The highest BCUT2D eigenvalue weighted by molar-refractivity contribution is 7.94. The first-order valence-electron chi connectivity index (χ1n) is 5.17. The van der Waals surface area contributed by atoms with E-state index in [0.717, 1.165) is 25.9 Å². The Balaban J connectivity index is 2.13. The maximum absolute atomic E-state index is 12.1. The number of Topliss-reactive ketones (excluding diaryl/α,β-unsaturated/α-hetero) is 1. The molecule has 0 amide bonds. The fraction of sp³-hybridized carbons (Fsp3) is 0.900. The predicted octanol–water partition coefficient (Wildman–Crippen LogP) is 0.561. The van der Waals surface area contributed by atoms with Crippen molar-refractivity contribution in [2.24, 2.45) is 0 Å². The lowest BCUT2D eigenvalue weighted by Crippen LogP contribution is -2.46. The molecule has 0 radical (unpaired) electrons. The second kappa shape index (κ2) is 3.51. The van der Waals surface area contributed by atoms with Gasteiger partial charge < -0.3 is 9.45 Å². The van der Waals surface area contributed by atoms with E-state index in [1.165, 1.54) is 0 Å². The summed E-state index contributed by atoms with van der Waals surface area (Å²) in [4.78, 5) is 13.8. The van der Waals surface area contributed by atoms with Crippen LogP contribution in [0.3, 0.4) is 0 Å². The summed E-state index contributed by atoms with van der Waals surface area (Å²) < 4.78 is 11.9. The summed E-state index contributed by atoms with van der Waals surface area (Å²) in [7, 11) is 2.08. The van der Waals surface area contributed by atoms with E-state index < -0.39 is 11.2 Å². The Morgan fingerprint density at radius 2 is 2.07 bits per heavy atom. The van der Waals surface area contributed by atoms with Gasteiger partial charge in [-0.3, -0.25) is 4.79 Å². The van der Waals surface area contributed by atoms with E-state index in [-0.39, 0.29) is 15.8 Å². The number of carbonyl (C=O) groups excluding carboxylic acids is 1. The molecule has 0 N–H and O–H groups in total. The first-order valence-corrected chi connectivity index (χ1v) is 6.38. The Bertz CT molecular complexity index is 249. The number of piperidine rings is 1. The van der Waals surface area contributed by atoms with E-state index in [2.05, 4.69) is 11.9 Å². The molecule has 0 aromatic carbocycles. The molecule has 0 saturated carbocycles. The highest BCUT2D eigenvalue weighted by Gasteiger charge is 2.55. The number of hydrogen-bond acceptors (Lipinski definition) is 3. The minimum atomic E-state index is -0.934. The van der Waals surface area contributed by atoms with Crippen molar-refractivity contribution in [3.8, 4) is 0 Å². The SMILES string of the molecule is CC1C(=O)CC2(CCN(C)CC2)[S+]1[O-]. The molecule has 0 aliphatic carbocycles. The van der Waals surface area contributed by atoms with Gasteiger partial charge in [-0.25, -0.2) is 0 Å². The van der Waals surface area contributed by atoms with Crippen LogP contribution in [0.2, 0.25) is 0 Å². The van der Waals surface area contributed by atoms with Crippen LogP contribution in [0.1, 0.15) is 26.2 Å². The fourth-order valence-electron chi connectivity index (χ4n) is 2.43. The van der Waals surface area contributed by atoms with E-state index in [0.29, 0.717) is 6.42 Å². The standard InChI is InChI=1S/C10H17NO2S/c1-8-9(12)7-10(14(8)13)3-5-11(2)6-4-10/h8H,3-7H2,1-2H3. The normalized spacial score (nSPS) is 38.1. The van der Waals surface area contributed by atoms with Crippen molar-refractivity contribution < 1.29 is 9.35 Å². The van der Waals surface area contributed by atoms with Crippen LogP contribution in [-0.4, -0.2) is 45.4 Å². The van der Waals surface area contributed by atoms with Crippen LogP contribution in [0.5, 0.6) is 0 Å². The maximum Gasteiger partial charge on any atom is 0.189 e. The van der Waals surface area contributed by atoms with Crippen LogP contribution >= 0.6 is 0 Å². The molecule has 4 heteroatoms. The summed E-state index contributed by atoms with van der Waals surface area (Å²) in [5, 5.41) is -0.224. The molecule has 2 heterocycles. The van der Waals surface area contributed by atoms with Crippen molar-refractivity contribution in [1.82, 2.24) is 4.90 Å². The minimum Gasteiger partial charge on any atom is -0.615 e. The van der Waals surface area contributed by atoms with Gasteiger partial charge in [0.15, 0.2) is 11.0 Å². The van der Waals surface area contributed by atoms with Crippen LogP contribution in [0.25, 0.3) is 0 Å². The number of hydrogen-bond donors (Lipinski definition) is 0. The van der Waals surface area contributed by atoms with Crippen molar-refractivity contribution in [3.63, 3.8) is 0 Å². The highest BCUT2D eigenvalue weighted by Crippen LogP contribution is 2.42. The van der Waals surface area contributed by atoms with Gasteiger partial charge in [-0.15, -0.1) is 0 Å². The molecule has 2 saturated heterocycles. The minimum absolute atomic E-state index is 0.164. The first-order chi connectivity index (χ1) is 6.55. The monoisotopic (exact) mass is 215 g/mol. The molecule has 3 nitrogen and oxygen atoms in total. The van der Waals surface area contributed by atoms with Gasteiger partial charge in [0.05, 0.1) is 6.42 Å². The molecule has 2 unspecified atom stereocenters. The summed E-state index contributed by atoms with van der Waals surface area (Å²) in [6.07, 6.45) is 2.40. The van der Waals surface area contributed by atoms with Crippen molar-refractivity contribution in [2.45, 2.75) is 36.2 Å². The number of likely N-dealkylation sites (tertiary alicyclic amines) is 1. The molecule has 1 spiro atoms. The lowest BCUT2D eigenvalue weighted by atomic mass is 9.91. The topological polar surface area (TPSA) is 43.4 Å². The Morgan fingerprint density at radius 3 is 2.50 bits per heavy atom. The average molecular weight is 215 g/mol. The molecule has 0 aromatic rings. The van der Waals surface area contributed by atoms with Crippen LogP contribution in [0.15, 0.2) is 0 Å². The van der Waals surface area contributed by atoms with E-state index in [4.69, 9.17) is 0 Å². The van der Waals surface area contributed by atoms with Gasteiger partial charge in [0.1, 0.15) is 4.75 Å². The predicted molar refractivity (Wildman–Crippen MR) is 56.7 cm³/mol. The van der Waals surface area contributed by atoms with Crippen LogP contribution in [-0.2, 0) is 16.0 Å². The van der Waals surface area contributed by atoms with E-state index in [1.54, 1.807) is 0 Å². The zero-order valence-electron chi connectivity index (χ0n) is 8.78. The Labute approximate surface area is 88.0 Å². The summed E-state index contributed by atoms with van der Waals surface area (Å²) in [6.45, 7) is 3.77. The maximum atomic E-state index is 12.1. The van der Waals surface area contributed by atoms with E-state index in [9.17, 15) is 9.35 Å². The van der Waals surface area contributed by atoms with Crippen molar-refractivity contribution in [1.29, 1.82) is 0 Å². The zero-order valence-corrected chi connectivity index (χ0v) is 9.60. The van der Waals surface area contributed by atoms with E-state index >= 15 is 0 Å². The third kappa shape index (κ3) is 1.49. The lowest BCUT2D eigenvalue weighted by Gasteiger charge is -2.37. The molecular weight excluding hydrogens is 198 g/mol. The number of carbonyl (C=O) groups is 1. The van der Waals surface area contributed by atoms with Gasteiger partial charge in [0.25, 0.3) is 0 Å². The fourth-order valence-corrected chi connectivity index (χ4v) is 4.37. The number of rotatable bonds is 0. The number of nitrogens with zero attached hydrogens (tertiary/aromatic N) is 1. The molecule has 2 atom stereocenters. The first kappa shape index (κ1) is 10.5. The summed E-state index contributed by atoms with van der Waals surface area (Å²) >= 11 is -0.934.